The second kappa shape index (κ2) is 6.66. The van der Waals surface area contributed by atoms with E-state index in [1.54, 1.807) is 0 Å². The molecule has 0 aromatic carbocycles. The number of hydrogen-bond donors (Lipinski definition) is 1. The number of imidazole rings is 1. The SMILES string of the molecule is [2H]c1nc(C[S+]([O-])c2nc3nc(OC)c([2H])c([2H])c3[nH]2)c(C([2H])([2H])[2H])c(OC)c1C([2H])([2H])[2H]. The van der Waals surface area contributed by atoms with Crippen molar-refractivity contribution in [2.24, 2.45) is 0 Å². The molecule has 3 heterocycles. The highest BCUT2D eigenvalue weighted by Gasteiger charge is 2.21. The molecule has 8 heteroatoms. The Bertz CT molecular complexity index is 1210. The van der Waals surface area contributed by atoms with Crippen LogP contribution in [0.15, 0.2) is 23.4 Å². The fourth-order valence-electron chi connectivity index (χ4n) is 1.94. The van der Waals surface area contributed by atoms with E-state index < -0.39 is 53.7 Å². The predicted molar refractivity (Wildman–Crippen MR) is 90.8 cm³/mol. The van der Waals surface area contributed by atoms with Gasteiger partial charge in [-0.25, -0.2) is 0 Å². The first-order valence-electron chi connectivity index (χ1n) is 11.1. The zero-order valence-corrected chi connectivity index (χ0v) is 13.5. The Morgan fingerprint density at radius 2 is 2.17 bits per heavy atom. The normalized spacial score (nSPS) is 18.9. The Hall–Kier alpha value is -2.32. The number of aromatic amines is 1. The van der Waals surface area contributed by atoms with Crippen LogP contribution in [0.1, 0.15) is 29.2 Å². The average Bonchev–Trinajstić information content (AvgIpc) is 3.12. The van der Waals surface area contributed by atoms with E-state index in [9.17, 15) is 4.55 Å². The standard InChI is InChI=1S/C16H18N4O3S/c1-9-7-17-12(10(2)14(9)23-4)8-24(21)16-18-11-5-6-13(22-3)19-15(11)20-16/h5-7H,8H2,1-4H3,(H,18,19,20)/i1D3,2D3,5D,6D,7D. The van der Waals surface area contributed by atoms with Crippen molar-refractivity contribution in [3.63, 3.8) is 0 Å². The van der Waals surface area contributed by atoms with E-state index in [1.165, 1.54) is 7.11 Å². The van der Waals surface area contributed by atoms with Crippen LogP contribution in [-0.4, -0.2) is 38.7 Å². The van der Waals surface area contributed by atoms with Gasteiger partial charge in [-0.1, -0.05) is 0 Å². The van der Waals surface area contributed by atoms with Gasteiger partial charge in [0.15, 0.2) is 11.4 Å². The summed E-state index contributed by atoms with van der Waals surface area (Å²) in [5.41, 5.74) is -1.54. The van der Waals surface area contributed by atoms with Crippen LogP contribution in [-0.2, 0) is 16.9 Å². The molecule has 0 amide bonds. The molecule has 0 saturated carbocycles. The zero-order valence-electron chi connectivity index (χ0n) is 21.7. The van der Waals surface area contributed by atoms with Crippen molar-refractivity contribution in [3.05, 3.63) is 35.1 Å². The number of methoxy groups -OCH3 is 2. The molecule has 0 aliphatic rings. The van der Waals surface area contributed by atoms with E-state index in [0.29, 0.717) is 0 Å². The van der Waals surface area contributed by atoms with Gasteiger partial charge in [-0.05, 0) is 19.7 Å². The molecule has 0 aliphatic carbocycles. The Morgan fingerprint density at radius 3 is 2.88 bits per heavy atom. The van der Waals surface area contributed by atoms with Crippen molar-refractivity contribution in [1.29, 1.82) is 0 Å². The Balaban J connectivity index is 2.13. The lowest BCUT2D eigenvalue weighted by Crippen LogP contribution is -2.10. The zero-order chi connectivity index (χ0) is 24.9. The monoisotopic (exact) mass is 355 g/mol. The summed E-state index contributed by atoms with van der Waals surface area (Å²) in [5.74, 6) is -1.23. The van der Waals surface area contributed by atoms with Crippen molar-refractivity contribution in [2.45, 2.75) is 24.6 Å². The van der Waals surface area contributed by atoms with Crippen LogP contribution in [0.3, 0.4) is 0 Å². The van der Waals surface area contributed by atoms with Crippen LogP contribution < -0.4 is 9.47 Å². The summed E-state index contributed by atoms with van der Waals surface area (Å²) < 4.78 is 93.3. The number of ether oxygens (including phenoxy) is 2. The fourth-order valence-corrected chi connectivity index (χ4v) is 2.94. The Morgan fingerprint density at radius 1 is 1.29 bits per heavy atom. The Labute approximate surface area is 155 Å². The number of pyridine rings is 2. The number of H-pyrrole nitrogens is 1. The van der Waals surface area contributed by atoms with E-state index >= 15 is 0 Å². The third-order valence-corrected chi connectivity index (χ3v) is 4.25. The topological polar surface area (TPSA) is 96.0 Å². The van der Waals surface area contributed by atoms with Gasteiger partial charge in [0.1, 0.15) is 5.75 Å². The van der Waals surface area contributed by atoms with E-state index in [2.05, 4.69) is 19.9 Å². The number of nitrogens with one attached hydrogen (secondary N) is 1. The molecule has 126 valence electrons. The van der Waals surface area contributed by atoms with Crippen molar-refractivity contribution < 1.29 is 26.4 Å². The minimum Gasteiger partial charge on any atom is -0.609 e. The van der Waals surface area contributed by atoms with E-state index in [0.717, 1.165) is 7.11 Å². The lowest BCUT2D eigenvalue weighted by molar-refractivity contribution is 0.399. The molecule has 24 heavy (non-hydrogen) atoms. The van der Waals surface area contributed by atoms with Crippen LogP contribution in [0.5, 0.6) is 11.6 Å². The second-order valence-corrected chi connectivity index (χ2v) is 5.92. The van der Waals surface area contributed by atoms with Crippen molar-refractivity contribution in [2.75, 3.05) is 14.2 Å². The van der Waals surface area contributed by atoms with Crippen molar-refractivity contribution in [3.8, 4) is 11.6 Å². The van der Waals surface area contributed by atoms with Gasteiger partial charge >= 0.3 is 5.16 Å². The predicted octanol–water partition coefficient (Wildman–Crippen LogP) is 2.29. The summed E-state index contributed by atoms with van der Waals surface area (Å²) in [7, 11) is 2.35. The largest absolute Gasteiger partial charge is 0.609 e. The van der Waals surface area contributed by atoms with E-state index in [1.807, 2.05) is 0 Å². The fraction of sp³-hybridized carbons (Fsp3) is 0.312. The highest BCUT2D eigenvalue weighted by Crippen LogP contribution is 2.26. The quantitative estimate of drug-likeness (QED) is 0.706. The molecule has 0 aliphatic heterocycles. The van der Waals surface area contributed by atoms with Gasteiger partial charge in [-0.15, -0.1) is 0 Å². The third-order valence-electron chi connectivity index (χ3n) is 3.09. The molecule has 0 bridgehead atoms. The summed E-state index contributed by atoms with van der Waals surface area (Å²) in [6.07, 6.45) is -0.727. The average molecular weight is 355 g/mol. The summed E-state index contributed by atoms with van der Waals surface area (Å²) in [6.45, 7) is -5.75. The number of hydrogen-bond acceptors (Lipinski definition) is 6. The highest BCUT2D eigenvalue weighted by molar-refractivity contribution is 7.90. The van der Waals surface area contributed by atoms with Crippen molar-refractivity contribution in [1.82, 2.24) is 19.9 Å². The number of aromatic nitrogens is 4. The maximum atomic E-state index is 13.0. The first kappa shape index (κ1) is 8.68. The maximum Gasteiger partial charge on any atom is 0.323 e. The van der Waals surface area contributed by atoms with Gasteiger partial charge in [-0.2, -0.15) is 9.97 Å². The molecule has 0 radical (unpaired) electrons. The van der Waals surface area contributed by atoms with E-state index in [-0.39, 0.29) is 40.0 Å². The Kier molecular flexibility index (Phi) is 2.41. The molecular weight excluding hydrogens is 328 g/mol. The molecule has 0 saturated heterocycles. The summed E-state index contributed by atoms with van der Waals surface area (Å²) in [6, 6.07) is -0.591. The number of rotatable bonds is 5. The lowest BCUT2D eigenvalue weighted by atomic mass is 10.1. The number of fused-ring (bicyclic) bond motifs is 1. The minimum atomic E-state index is -2.89. The number of nitrogens with zero attached hydrogens (tertiary/aromatic N) is 3. The highest BCUT2D eigenvalue weighted by atomic mass is 32.2. The molecule has 1 unspecified atom stereocenters. The molecule has 7 nitrogen and oxygen atoms in total. The second-order valence-electron chi connectivity index (χ2n) is 4.56. The molecule has 1 atom stereocenters. The van der Waals surface area contributed by atoms with Gasteiger partial charge in [0.2, 0.25) is 5.88 Å². The molecule has 3 rings (SSSR count). The summed E-state index contributed by atoms with van der Waals surface area (Å²) >= 11 is -2.07. The van der Waals surface area contributed by atoms with Gasteiger partial charge in [0, 0.05) is 42.7 Å². The summed E-state index contributed by atoms with van der Waals surface area (Å²) in [4.78, 5) is 14.5. The first-order chi connectivity index (χ1) is 15.2. The minimum absolute atomic E-state index is 0.0308. The van der Waals surface area contributed by atoms with E-state index in [4.69, 9.17) is 21.8 Å². The molecular formula is C16H18N4O3S. The van der Waals surface area contributed by atoms with Crippen molar-refractivity contribution >= 4 is 22.3 Å². The molecule has 3 aromatic rings. The lowest BCUT2D eigenvalue weighted by Gasteiger charge is -2.13. The van der Waals surface area contributed by atoms with Gasteiger partial charge in [0.25, 0.3) is 0 Å². The molecule has 0 fully saturated rings. The molecule has 0 spiro atoms. The summed E-state index contributed by atoms with van der Waals surface area (Å²) in [5, 5.41) is -0.178. The first-order valence-corrected chi connectivity index (χ1v) is 7.90. The smallest absolute Gasteiger partial charge is 0.323 e. The van der Waals surface area contributed by atoms with Gasteiger partial charge < -0.3 is 14.0 Å². The van der Waals surface area contributed by atoms with Crippen LogP contribution >= 0.6 is 0 Å². The molecule has 1 N–H and O–H groups in total. The van der Waals surface area contributed by atoms with Gasteiger partial charge in [0.05, 0.1) is 29.5 Å². The van der Waals surface area contributed by atoms with Crippen LogP contribution in [0.25, 0.3) is 11.2 Å². The third kappa shape index (κ3) is 3.02. The maximum absolute atomic E-state index is 13.0. The molecule has 3 aromatic heterocycles. The van der Waals surface area contributed by atoms with Crippen LogP contribution in [0, 0.1) is 13.7 Å². The van der Waals surface area contributed by atoms with Crippen LogP contribution in [0.4, 0.5) is 0 Å². The van der Waals surface area contributed by atoms with Crippen LogP contribution in [0.2, 0.25) is 0 Å². The van der Waals surface area contributed by atoms with Gasteiger partial charge in [-0.3, -0.25) is 9.97 Å².